The van der Waals surface area contributed by atoms with Crippen LogP contribution in [0.2, 0.25) is 0 Å². The van der Waals surface area contributed by atoms with E-state index in [2.05, 4.69) is 6.92 Å². The Kier molecular flexibility index (Phi) is 19.9. The summed E-state index contributed by atoms with van der Waals surface area (Å²) in [5.41, 5.74) is 0.621. The number of hydrogen-bond acceptors (Lipinski definition) is 7. The number of aliphatic hydroxyl groups excluding tert-OH is 4. The quantitative estimate of drug-likeness (QED) is 0.0624. The number of rotatable bonds is 26. The molecular formula is C35H64O7. The van der Waals surface area contributed by atoms with Crippen LogP contribution in [0, 0.1) is 0 Å². The number of unbranched alkanes of at least 4 members (excludes halogenated alkanes) is 12. The minimum Gasteiger partial charge on any atom is -0.455 e. The minimum atomic E-state index is -0.604. The fourth-order valence-electron chi connectivity index (χ4n) is 6.41. The zero-order valence-corrected chi connectivity index (χ0v) is 26.9. The third-order valence-corrected chi connectivity index (χ3v) is 9.13. The second kappa shape index (κ2) is 22.5. The second-order valence-corrected chi connectivity index (χ2v) is 13.1. The lowest BCUT2D eigenvalue weighted by atomic mass is 9.99. The second-order valence-electron chi connectivity index (χ2n) is 13.1. The molecule has 246 valence electrons. The van der Waals surface area contributed by atoms with Gasteiger partial charge in [-0.1, -0.05) is 103 Å². The van der Waals surface area contributed by atoms with E-state index in [0.29, 0.717) is 30.9 Å². The summed E-state index contributed by atoms with van der Waals surface area (Å²) in [7, 11) is 0. The first-order chi connectivity index (χ1) is 20.3. The number of ether oxygens (including phenoxy) is 2. The molecule has 0 amide bonds. The third-order valence-electron chi connectivity index (χ3n) is 9.13. The maximum Gasteiger partial charge on any atom is 0.334 e. The van der Waals surface area contributed by atoms with Crippen LogP contribution in [0.4, 0.5) is 0 Å². The average molecular weight is 597 g/mol. The lowest BCUT2D eigenvalue weighted by Gasteiger charge is -2.20. The minimum absolute atomic E-state index is 0.0131. The molecule has 4 N–H and O–H groups in total. The number of carbonyl (C=O) groups excluding carboxylic acids is 1. The van der Waals surface area contributed by atoms with Crippen molar-refractivity contribution < 1.29 is 34.7 Å². The van der Waals surface area contributed by atoms with E-state index in [0.717, 1.165) is 89.9 Å². The molecule has 7 nitrogen and oxygen atoms in total. The molecule has 2 heterocycles. The summed E-state index contributed by atoms with van der Waals surface area (Å²) in [5, 5.41) is 40.9. The van der Waals surface area contributed by atoms with Crippen molar-refractivity contribution in [1.29, 1.82) is 0 Å². The van der Waals surface area contributed by atoms with E-state index in [1.165, 1.54) is 38.5 Å². The van der Waals surface area contributed by atoms with Crippen LogP contribution in [0.25, 0.3) is 0 Å². The molecule has 0 bridgehead atoms. The first kappa shape index (κ1) is 37.2. The van der Waals surface area contributed by atoms with Gasteiger partial charge in [-0.3, -0.25) is 0 Å². The molecule has 0 radical (unpaired) electrons. The summed E-state index contributed by atoms with van der Waals surface area (Å²) in [6.45, 7) is 3.98. The normalized spacial score (nSPS) is 23.5. The molecule has 42 heavy (non-hydrogen) atoms. The number of cyclic esters (lactones) is 1. The predicted octanol–water partition coefficient (Wildman–Crippen LogP) is 7.06. The molecule has 0 unspecified atom stereocenters. The summed E-state index contributed by atoms with van der Waals surface area (Å²) in [4.78, 5) is 11.6. The number of esters is 1. The lowest BCUT2D eigenvalue weighted by molar-refractivity contribution is -0.139. The van der Waals surface area contributed by atoms with E-state index in [1.807, 2.05) is 13.0 Å². The summed E-state index contributed by atoms with van der Waals surface area (Å²) in [6.07, 6.45) is 23.0. The zero-order chi connectivity index (χ0) is 30.6. The Labute approximate surface area is 256 Å². The molecule has 1 fully saturated rings. The summed E-state index contributed by atoms with van der Waals surface area (Å²) in [6, 6.07) is 0. The van der Waals surface area contributed by atoms with Gasteiger partial charge in [0, 0.05) is 12.0 Å². The molecule has 0 aromatic carbocycles. The van der Waals surface area contributed by atoms with Gasteiger partial charge < -0.3 is 29.9 Å². The van der Waals surface area contributed by atoms with E-state index in [1.54, 1.807) is 0 Å². The fourth-order valence-corrected chi connectivity index (χ4v) is 6.41. The van der Waals surface area contributed by atoms with Crippen LogP contribution < -0.4 is 0 Å². The lowest BCUT2D eigenvalue weighted by Crippen LogP contribution is -2.26. The predicted molar refractivity (Wildman–Crippen MR) is 168 cm³/mol. The molecule has 2 aliphatic heterocycles. The highest BCUT2D eigenvalue weighted by atomic mass is 16.5. The summed E-state index contributed by atoms with van der Waals surface area (Å²) < 4.78 is 11.3. The van der Waals surface area contributed by atoms with Gasteiger partial charge in [0.15, 0.2) is 0 Å². The molecule has 0 aromatic heterocycles. The zero-order valence-electron chi connectivity index (χ0n) is 26.9. The van der Waals surface area contributed by atoms with Crippen molar-refractivity contribution in [3.05, 3.63) is 11.6 Å². The first-order valence-corrected chi connectivity index (χ1v) is 17.6. The summed E-state index contributed by atoms with van der Waals surface area (Å²) in [5.74, 6) is -0.277. The van der Waals surface area contributed by atoms with Crippen molar-refractivity contribution in [1.82, 2.24) is 0 Å². The van der Waals surface area contributed by atoms with E-state index >= 15 is 0 Å². The van der Waals surface area contributed by atoms with Gasteiger partial charge in [-0.25, -0.2) is 4.79 Å². The molecule has 0 aliphatic carbocycles. The summed E-state index contributed by atoms with van der Waals surface area (Å²) >= 11 is 0. The van der Waals surface area contributed by atoms with Crippen molar-refractivity contribution in [3.8, 4) is 0 Å². The van der Waals surface area contributed by atoms with Crippen LogP contribution in [0.15, 0.2) is 11.6 Å². The average Bonchev–Trinajstić information content (AvgIpc) is 3.56. The SMILES string of the molecule is CCCCC[C@H](O)[C@H](O)CCCCCC[C@H](O)[C@@H]1CC[C@@H](CCCCCCCCCC[C@@H](O)CC2=C[C@H](C)OC2=O)O1. The van der Waals surface area contributed by atoms with Crippen LogP contribution in [-0.2, 0) is 14.3 Å². The van der Waals surface area contributed by atoms with E-state index in [9.17, 15) is 25.2 Å². The van der Waals surface area contributed by atoms with Crippen LogP contribution in [0.1, 0.15) is 162 Å². The molecule has 0 aromatic rings. The van der Waals surface area contributed by atoms with Gasteiger partial charge in [-0.05, 0) is 57.9 Å². The Morgan fingerprint density at radius 1 is 0.738 bits per heavy atom. The highest BCUT2D eigenvalue weighted by Gasteiger charge is 2.30. The van der Waals surface area contributed by atoms with Gasteiger partial charge in [0.25, 0.3) is 0 Å². The Morgan fingerprint density at radius 3 is 1.88 bits per heavy atom. The van der Waals surface area contributed by atoms with E-state index in [-0.39, 0.29) is 24.3 Å². The Morgan fingerprint density at radius 2 is 1.29 bits per heavy atom. The number of aliphatic hydroxyl groups is 4. The van der Waals surface area contributed by atoms with Gasteiger partial charge in [0.1, 0.15) is 6.10 Å². The van der Waals surface area contributed by atoms with Crippen LogP contribution >= 0.6 is 0 Å². The fraction of sp³-hybridized carbons (Fsp3) is 0.914. The Balaban J connectivity index is 1.36. The van der Waals surface area contributed by atoms with Crippen molar-refractivity contribution in [3.63, 3.8) is 0 Å². The smallest absolute Gasteiger partial charge is 0.334 e. The van der Waals surface area contributed by atoms with Gasteiger partial charge >= 0.3 is 5.97 Å². The Bertz CT molecular complexity index is 726. The molecule has 0 saturated carbocycles. The third kappa shape index (κ3) is 16.2. The van der Waals surface area contributed by atoms with E-state index in [4.69, 9.17) is 9.47 Å². The molecule has 2 aliphatic rings. The largest absolute Gasteiger partial charge is 0.455 e. The van der Waals surface area contributed by atoms with Crippen LogP contribution in [0.5, 0.6) is 0 Å². The van der Waals surface area contributed by atoms with Crippen LogP contribution in [-0.4, -0.2) is 69.1 Å². The highest BCUT2D eigenvalue weighted by molar-refractivity contribution is 5.90. The maximum absolute atomic E-state index is 11.6. The first-order valence-electron chi connectivity index (χ1n) is 17.6. The maximum atomic E-state index is 11.6. The van der Waals surface area contributed by atoms with Crippen molar-refractivity contribution in [2.45, 2.75) is 204 Å². The molecule has 1 saturated heterocycles. The van der Waals surface area contributed by atoms with Crippen LogP contribution in [0.3, 0.4) is 0 Å². The molecule has 7 heteroatoms. The van der Waals surface area contributed by atoms with Gasteiger partial charge in [-0.2, -0.15) is 0 Å². The van der Waals surface area contributed by atoms with Crippen molar-refractivity contribution in [2.75, 3.05) is 0 Å². The van der Waals surface area contributed by atoms with Gasteiger partial charge in [0.05, 0.1) is 36.6 Å². The van der Waals surface area contributed by atoms with E-state index < -0.39 is 18.3 Å². The molecule has 2 rings (SSSR count). The molecular weight excluding hydrogens is 532 g/mol. The molecule has 0 spiro atoms. The van der Waals surface area contributed by atoms with Crippen molar-refractivity contribution in [2.24, 2.45) is 0 Å². The van der Waals surface area contributed by atoms with Crippen molar-refractivity contribution >= 4 is 5.97 Å². The standard InChI is InChI=1S/C35H64O7/c1-3-4-13-20-31(37)32(38)21-16-11-12-17-22-33(39)34-24-23-30(42-34)19-15-10-8-6-5-7-9-14-18-29(36)26-28-25-27(2)41-35(28)40/h25,27,29-34,36-39H,3-24,26H2,1-2H3/t27-,29+,30+,31-,32+,33-,34-/m0/s1. The van der Waals surface area contributed by atoms with Gasteiger partial charge in [-0.15, -0.1) is 0 Å². The highest BCUT2D eigenvalue weighted by Crippen LogP contribution is 2.28. The number of hydrogen-bond donors (Lipinski definition) is 4. The molecule has 7 atom stereocenters. The monoisotopic (exact) mass is 596 g/mol. The van der Waals surface area contributed by atoms with Gasteiger partial charge in [0.2, 0.25) is 0 Å². The Hall–Kier alpha value is -0.990. The number of carbonyl (C=O) groups is 1. The topological polar surface area (TPSA) is 116 Å².